The van der Waals surface area contributed by atoms with Crippen LogP contribution in [0.15, 0.2) is 23.3 Å². The zero-order valence-corrected chi connectivity index (χ0v) is 16.6. The molecule has 1 aliphatic heterocycles. The number of carboxylic acid groups (broad SMARTS) is 1. The number of fused-ring (bicyclic) bond motifs is 6. The van der Waals surface area contributed by atoms with Crippen molar-refractivity contribution in [3.63, 3.8) is 0 Å². The van der Waals surface area contributed by atoms with Gasteiger partial charge in [0.1, 0.15) is 5.60 Å². The van der Waals surface area contributed by atoms with Gasteiger partial charge in [0.25, 0.3) is 0 Å². The van der Waals surface area contributed by atoms with Crippen LogP contribution in [-0.2, 0) is 19.1 Å². The Morgan fingerprint density at radius 2 is 1.96 bits per heavy atom. The Bertz CT molecular complexity index is 853. The fraction of sp³-hybridized carbons (Fsp3) is 0.696. The van der Waals surface area contributed by atoms with Gasteiger partial charge in [0.15, 0.2) is 5.78 Å². The van der Waals surface area contributed by atoms with Crippen molar-refractivity contribution in [2.75, 3.05) is 0 Å². The van der Waals surface area contributed by atoms with Crippen LogP contribution >= 0.6 is 0 Å². The van der Waals surface area contributed by atoms with Gasteiger partial charge in [-0.15, -0.1) is 0 Å². The van der Waals surface area contributed by atoms with Crippen LogP contribution in [0.3, 0.4) is 0 Å². The van der Waals surface area contributed by atoms with Crippen LogP contribution in [0.25, 0.3) is 0 Å². The van der Waals surface area contributed by atoms with Gasteiger partial charge in [0.05, 0.1) is 5.92 Å². The number of esters is 1. The zero-order chi connectivity index (χ0) is 19.9. The number of allylic oxidation sites excluding steroid dienone is 4. The number of carbonyl (C=O) groups is 3. The molecular formula is C23H28O5. The summed E-state index contributed by atoms with van der Waals surface area (Å²) in [6, 6.07) is 0. The van der Waals surface area contributed by atoms with Gasteiger partial charge in [-0.25, -0.2) is 0 Å². The van der Waals surface area contributed by atoms with Crippen LogP contribution in [0.1, 0.15) is 65.2 Å². The molecule has 28 heavy (non-hydrogen) atoms. The Hall–Kier alpha value is -1.91. The second-order valence-electron chi connectivity index (χ2n) is 10.0. The lowest BCUT2D eigenvalue weighted by Gasteiger charge is -2.56. The first-order valence-corrected chi connectivity index (χ1v) is 10.6. The SMILES string of the molecule is C[C@]12CCC(=O)C=C1CC(C(=O)O)C1C2=CC[C@@]2(C)C1CC[C@@]21CCC(=O)O1. The summed E-state index contributed by atoms with van der Waals surface area (Å²) in [5.74, 6) is -1.10. The summed E-state index contributed by atoms with van der Waals surface area (Å²) in [7, 11) is 0. The third-order valence-electron chi connectivity index (χ3n) is 9.04. The Labute approximate surface area is 165 Å². The van der Waals surface area contributed by atoms with Gasteiger partial charge in [0.2, 0.25) is 0 Å². The molecule has 0 aromatic rings. The second kappa shape index (κ2) is 5.58. The molecule has 2 saturated carbocycles. The maximum Gasteiger partial charge on any atom is 0.307 e. The highest BCUT2D eigenvalue weighted by Crippen LogP contribution is 2.68. The van der Waals surface area contributed by atoms with E-state index in [1.807, 2.05) is 0 Å². The largest absolute Gasteiger partial charge is 0.481 e. The van der Waals surface area contributed by atoms with Gasteiger partial charge in [-0.05, 0) is 56.4 Å². The summed E-state index contributed by atoms with van der Waals surface area (Å²) in [5.41, 5.74) is 1.40. The molecule has 0 radical (unpaired) electrons. The molecule has 5 rings (SSSR count). The lowest BCUT2D eigenvalue weighted by Crippen LogP contribution is -2.53. The number of rotatable bonds is 1. The third kappa shape index (κ3) is 2.11. The summed E-state index contributed by atoms with van der Waals surface area (Å²) in [6.07, 6.45) is 9.53. The molecule has 0 amide bonds. The van der Waals surface area contributed by atoms with Crippen molar-refractivity contribution in [2.24, 2.45) is 28.6 Å². The minimum absolute atomic E-state index is 0.0368. The number of ketones is 1. The Morgan fingerprint density at radius 1 is 1.18 bits per heavy atom. The number of aliphatic carboxylic acids is 1. The van der Waals surface area contributed by atoms with E-state index in [1.54, 1.807) is 6.08 Å². The van der Waals surface area contributed by atoms with Gasteiger partial charge in [-0.2, -0.15) is 0 Å². The van der Waals surface area contributed by atoms with E-state index in [1.165, 1.54) is 5.57 Å². The molecule has 1 heterocycles. The molecule has 5 nitrogen and oxygen atoms in total. The predicted octanol–water partition coefficient (Wildman–Crippen LogP) is 3.82. The smallest absolute Gasteiger partial charge is 0.307 e. The molecule has 6 atom stereocenters. The monoisotopic (exact) mass is 384 g/mol. The van der Waals surface area contributed by atoms with E-state index < -0.39 is 17.5 Å². The van der Waals surface area contributed by atoms with Crippen molar-refractivity contribution in [3.05, 3.63) is 23.3 Å². The lowest BCUT2D eigenvalue weighted by atomic mass is 9.48. The normalized spacial score (nSPS) is 47.0. The molecule has 1 N–H and O–H groups in total. The number of carbonyl (C=O) groups excluding carboxylic acids is 2. The van der Waals surface area contributed by atoms with Crippen molar-refractivity contribution in [1.29, 1.82) is 0 Å². The van der Waals surface area contributed by atoms with Gasteiger partial charge < -0.3 is 9.84 Å². The van der Waals surface area contributed by atoms with Crippen molar-refractivity contribution in [2.45, 2.75) is 70.8 Å². The van der Waals surface area contributed by atoms with Gasteiger partial charge in [-0.3, -0.25) is 14.4 Å². The van der Waals surface area contributed by atoms with E-state index in [0.29, 0.717) is 19.3 Å². The maximum atomic E-state index is 12.3. The highest BCUT2D eigenvalue weighted by Gasteiger charge is 2.67. The third-order valence-corrected chi connectivity index (χ3v) is 9.04. The van der Waals surface area contributed by atoms with E-state index in [2.05, 4.69) is 19.9 Å². The van der Waals surface area contributed by atoms with E-state index >= 15 is 0 Å². The maximum absolute atomic E-state index is 12.3. The molecule has 3 unspecified atom stereocenters. The molecule has 150 valence electrons. The van der Waals surface area contributed by atoms with Crippen LogP contribution in [0, 0.1) is 28.6 Å². The molecule has 3 fully saturated rings. The molecule has 1 saturated heterocycles. The predicted molar refractivity (Wildman–Crippen MR) is 101 cm³/mol. The lowest BCUT2D eigenvalue weighted by molar-refractivity contribution is -0.162. The number of hydrogen-bond acceptors (Lipinski definition) is 4. The van der Waals surface area contributed by atoms with E-state index in [9.17, 15) is 19.5 Å². The van der Waals surface area contributed by atoms with Crippen LogP contribution in [0.5, 0.6) is 0 Å². The Balaban J connectivity index is 1.63. The van der Waals surface area contributed by atoms with E-state index in [-0.39, 0.29) is 34.4 Å². The minimum Gasteiger partial charge on any atom is -0.481 e. The molecule has 1 spiro atoms. The Kier molecular flexibility index (Phi) is 3.61. The number of ether oxygens (including phenoxy) is 1. The van der Waals surface area contributed by atoms with Crippen molar-refractivity contribution in [3.8, 4) is 0 Å². The van der Waals surface area contributed by atoms with Crippen LogP contribution < -0.4 is 0 Å². The van der Waals surface area contributed by atoms with E-state index in [0.717, 1.165) is 37.7 Å². The highest BCUT2D eigenvalue weighted by molar-refractivity contribution is 5.92. The zero-order valence-electron chi connectivity index (χ0n) is 16.6. The molecular weight excluding hydrogens is 356 g/mol. The van der Waals surface area contributed by atoms with Crippen LogP contribution in [0.4, 0.5) is 0 Å². The molecule has 4 aliphatic carbocycles. The van der Waals surface area contributed by atoms with Gasteiger partial charge in [-0.1, -0.05) is 31.1 Å². The Morgan fingerprint density at radius 3 is 2.64 bits per heavy atom. The summed E-state index contributed by atoms with van der Waals surface area (Å²) in [5, 5.41) is 10.1. The quantitative estimate of drug-likeness (QED) is 0.549. The van der Waals surface area contributed by atoms with Gasteiger partial charge >= 0.3 is 11.9 Å². The van der Waals surface area contributed by atoms with Crippen molar-refractivity contribution < 1.29 is 24.2 Å². The summed E-state index contributed by atoms with van der Waals surface area (Å²) >= 11 is 0. The molecule has 5 heteroatoms. The summed E-state index contributed by atoms with van der Waals surface area (Å²) in [4.78, 5) is 36.3. The van der Waals surface area contributed by atoms with Crippen molar-refractivity contribution >= 4 is 17.7 Å². The van der Waals surface area contributed by atoms with Crippen LogP contribution in [0.2, 0.25) is 0 Å². The average molecular weight is 384 g/mol. The summed E-state index contributed by atoms with van der Waals surface area (Å²) in [6.45, 7) is 4.42. The number of carboxylic acids is 1. The van der Waals surface area contributed by atoms with Crippen molar-refractivity contribution in [1.82, 2.24) is 0 Å². The summed E-state index contributed by atoms with van der Waals surface area (Å²) < 4.78 is 5.93. The van der Waals surface area contributed by atoms with Gasteiger partial charge in [0, 0.05) is 23.7 Å². The topological polar surface area (TPSA) is 80.7 Å². The van der Waals surface area contributed by atoms with Crippen LogP contribution in [-0.4, -0.2) is 28.4 Å². The first kappa shape index (κ1) is 18.1. The fourth-order valence-corrected chi connectivity index (χ4v) is 7.39. The standard InChI is InChI=1S/C23H28O5/c1-21-7-3-14(24)11-13(21)12-15(20(26)27)19-16(21)4-8-22(2)17(19)5-9-23(22)10-6-18(25)28-23/h4,11,15,17,19H,3,5-10,12H2,1-2H3,(H,26,27)/t15?,17?,19?,21-,22-,23+/m0/s1. The highest BCUT2D eigenvalue weighted by atomic mass is 16.6. The fourth-order valence-electron chi connectivity index (χ4n) is 7.39. The molecule has 5 aliphatic rings. The minimum atomic E-state index is -0.773. The molecule has 0 bridgehead atoms. The molecule has 0 aromatic heterocycles. The average Bonchev–Trinajstić information content (AvgIpc) is 3.16. The van der Waals surface area contributed by atoms with E-state index in [4.69, 9.17) is 4.74 Å². The molecule has 0 aromatic carbocycles. The first-order valence-electron chi connectivity index (χ1n) is 10.6. The number of hydrogen-bond donors (Lipinski definition) is 1. The first-order chi connectivity index (χ1) is 13.2. The second-order valence-corrected chi connectivity index (χ2v) is 10.0.